The molecule has 1 aromatic heterocycles. The molecule has 1 N–H and O–H groups in total. The molecular formula is C17H14F6N2O3S. The van der Waals surface area contributed by atoms with E-state index in [4.69, 9.17) is 0 Å². The van der Waals surface area contributed by atoms with E-state index in [-0.39, 0.29) is 17.1 Å². The van der Waals surface area contributed by atoms with Gasteiger partial charge in [0, 0.05) is 12.6 Å². The van der Waals surface area contributed by atoms with Crippen LogP contribution in [0.15, 0.2) is 52.4 Å². The first kappa shape index (κ1) is 22.7. The topological polar surface area (TPSA) is 76.1 Å². The average Bonchev–Trinajstić information content (AvgIpc) is 2.64. The summed E-state index contributed by atoms with van der Waals surface area (Å²) in [4.78, 5) is 14.3. The van der Waals surface area contributed by atoms with E-state index < -0.39 is 51.4 Å². The van der Waals surface area contributed by atoms with Gasteiger partial charge < -0.3 is 5.32 Å². The second-order valence-electron chi connectivity index (χ2n) is 5.90. The van der Waals surface area contributed by atoms with E-state index in [1.54, 1.807) is 0 Å². The van der Waals surface area contributed by atoms with Gasteiger partial charge in [0.1, 0.15) is 0 Å². The first-order valence-corrected chi connectivity index (χ1v) is 9.48. The lowest BCUT2D eigenvalue weighted by Crippen LogP contribution is -2.25. The van der Waals surface area contributed by atoms with E-state index in [2.05, 4.69) is 10.3 Å². The van der Waals surface area contributed by atoms with Crippen LogP contribution in [0.4, 0.5) is 26.3 Å². The van der Waals surface area contributed by atoms with Gasteiger partial charge in [-0.3, -0.25) is 9.78 Å². The van der Waals surface area contributed by atoms with Crippen LogP contribution >= 0.6 is 0 Å². The summed E-state index contributed by atoms with van der Waals surface area (Å²) in [6, 6.07) is 5.27. The van der Waals surface area contributed by atoms with Crippen LogP contribution in [0.25, 0.3) is 0 Å². The van der Waals surface area contributed by atoms with Crippen LogP contribution in [0.1, 0.15) is 24.1 Å². The molecule has 5 nitrogen and oxygen atoms in total. The third-order valence-electron chi connectivity index (χ3n) is 3.67. The molecule has 0 aliphatic heterocycles. The number of carbonyl (C=O) groups is 1. The van der Waals surface area contributed by atoms with E-state index in [1.807, 2.05) is 0 Å². The smallest absolute Gasteiger partial charge is 0.350 e. The number of halogens is 6. The van der Waals surface area contributed by atoms with Crippen molar-refractivity contribution in [2.45, 2.75) is 41.5 Å². The van der Waals surface area contributed by atoms with Gasteiger partial charge in [-0.05, 0) is 30.3 Å². The normalized spacial score (nSPS) is 12.6. The molecule has 0 fully saturated rings. The van der Waals surface area contributed by atoms with Crippen LogP contribution in [0, 0.1) is 0 Å². The second-order valence-corrected chi connectivity index (χ2v) is 7.85. The minimum atomic E-state index is -4.73. The van der Waals surface area contributed by atoms with Crippen molar-refractivity contribution in [3.63, 3.8) is 0 Å². The van der Waals surface area contributed by atoms with Crippen molar-refractivity contribution in [1.82, 2.24) is 10.3 Å². The number of nitrogens with zero attached hydrogens (tertiary/aromatic N) is 1. The van der Waals surface area contributed by atoms with Gasteiger partial charge in [-0.15, -0.1) is 0 Å². The zero-order valence-electron chi connectivity index (χ0n) is 14.5. The summed E-state index contributed by atoms with van der Waals surface area (Å²) in [6.07, 6.45) is -10.3. The summed E-state index contributed by atoms with van der Waals surface area (Å²) in [5.74, 6) is -0.907. The number of sulfone groups is 1. The molecule has 2 rings (SSSR count). The van der Waals surface area contributed by atoms with Crippen molar-refractivity contribution in [3.8, 4) is 0 Å². The van der Waals surface area contributed by atoms with Gasteiger partial charge in [0.15, 0.2) is 0 Å². The molecule has 0 saturated carbocycles. The van der Waals surface area contributed by atoms with Crippen LogP contribution in [-0.4, -0.2) is 25.5 Å². The molecule has 0 spiro atoms. The molecule has 0 bridgehead atoms. The van der Waals surface area contributed by atoms with Crippen LogP contribution in [0.3, 0.4) is 0 Å². The minimum Gasteiger partial charge on any atom is -0.350 e. The lowest BCUT2D eigenvalue weighted by Gasteiger charge is -2.11. The summed E-state index contributed by atoms with van der Waals surface area (Å²) in [5.41, 5.74) is -1.12. The van der Waals surface area contributed by atoms with Crippen molar-refractivity contribution in [2.24, 2.45) is 0 Å². The van der Waals surface area contributed by atoms with E-state index in [0.29, 0.717) is 6.07 Å². The van der Waals surface area contributed by atoms with Crippen LogP contribution in [0.2, 0.25) is 0 Å². The van der Waals surface area contributed by atoms with Crippen LogP contribution in [-0.2, 0) is 27.4 Å². The van der Waals surface area contributed by atoms with Gasteiger partial charge in [0.2, 0.25) is 15.7 Å². The zero-order valence-corrected chi connectivity index (χ0v) is 15.3. The van der Waals surface area contributed by atoms with Gasteiger partial charge >= 0.3 is 12.4 Å². The second kappa shape index (κ2) is 8.39. The minimum absolute atomic E-state index is 0.0124. The Kier molecular flexibility index (Phi) is 6.56. The Hall–Kier alpha value is -2.63. The van der Waals surface area contributed by atoms with Crippen molar-refractivity contribution in [3.05, 3.63) is 53.9 Å². The van der Waals surface area contributed by atoms with Crippen molar-refractivity contribution in [2.75, 3.05) is 0 Å². The number of amides is 1. The molecule has 0 unspecified atom stereocenters. The standard InChI is InChI=1S/C17H14F6N2O3S/c18-16(19,20)6-4-15(26)25-10-12-9-14(5-7-24-12)29(27,28)13-3-1-2-11(8-13)17(21,22)23/h1-3,5,7-9H,4,6,10H2,(H,25,26). The van der Waals surface area contributed by atoms with Gasteiger partial charge in [-0.25, -0.2) is 8.42 Å². The highest BCUT2D eigenvalue weighted by Gasteiger charge is 2.32. The Morgan fingerprint density at radius 1 is 1.00 bits per heavy atom. The van der Waals surface area contributed by atoms with Gasteiger partial charge in [-0.1, -0.05) is 6.07 Å². The number of alkyl halides is 6. The van der Waals surface area contributed by atoms with E-state index in [9.17, 15) is 39.6 Å². The molecule has 1 aromatic carbocycles. The number of hydrogen-bond donors (Lipinski definition) is 1. The molecule has 0 radical (unpaired) electrons. The molecule has 29 heavy (non-hydrogen) atoms. The number of hydrogen-bond acceptors (Lipinski definition) is 4. The third kappa shape index (κ3) is 6.44. The summed E-state index contributed by atoms with van der Waals surface area (Å²) in [6.45, 7) is -0.345. The molecule has 0 saturated heterocycles. The molecule has 2 aromatic rings. The number of aromatic nitrogens is 1. The fourth-order valence-electron chi connectivity index (χ4n) is 2.23. The molecule has 0 aliphatic rings. The molecule has 0 aliphatic carbocycles. The SMILES string of the molecule is O=C(CCC(F)(F)F)NCc1cc(S(=O)(=O)c2cccc(C(F)(F)F)c2)ccn1. The lowest BCUT2D eigenvalue weighted by molar-refractivity contribution is -0.144. The van der Waals surface area contributed by atoms with Crippen molar-refractivity contribution >= 4 is 15.7 Å². The van der Waals surface area contributed by atoms with Crippen LogP contribution in [0.5, 0.6) is 0 Å². The fraction of sp³-hybridized carbons (Fsp3) is 0.294. The average molecular weight is 440 g/mol. The zero-order chi connectivity index (χ0) is 21.9. The highest BCUT2D eigenvalue weighted by atomic mass is 32.2. The summed E-state index contributed by atoms with van der Waals surface area (Å²) >= 11 is 0. The third-order valence-corrected chi connectivity index (χ3v) is 5.42. The molecular weight excluding hydrogens is 426 g/mol. The summed E-state index contributed by atoms with van der Waals surface area (Å²) in [5, 5.41) is 2.17. The van der Waals surface area contributed by atoms with Gasteiger partial charge in [0.05, 0.1) is 34.0 Å². The Morgan fingerprint density at radius 2 is 1.66 bits per heavy atom. The first-order chi connectivity index (χ1) is 13.3. The summed E-state index contributed by atoms with van der Waals surface area (Å²) in [7, 11) is -4.31. The highest BCUT2D eigenvalue weighted by Crippen LogP contribution is 2.32. The number of benzene rings is 1. The maximum Gasteiger partial charge on any atom is 0.416 e. The maximum absolute atomic E-state index is 12.8. The monoisotopic (exact) mass is 440 g/mol. The first-order valence-electron chi connectivity index (χ1n) is 8.00. The van der Waals surface area contributed by atoms with Crippen molar-refractivity contribution < 1.29 is 39.6 Å². The van der Waals surface area contributed by atoms with E-state index in [1.165, 1.54) is 0 Å². The molecule has 158 valence electrons. The molecule has 1 amide bonds. The lowest BCUT2D eigenvalue weighted by atomic mass is 10.2. The Bertz CT molecular complexity index is 987. The Balaban J connectivity index is 2.17. The van der Waals surface area contributed by atoms with E-state index in [0.717, 1.165) is 36.5 Å². The number of pyridine rings is 1. The summed E-state index contributed by atoms with van der Waals surface area (Å²) < 4.78 is 100.0. The predicted octanol–water partition coefficient (Wildman–Crippen LogP) is 3.89. The maximum atomic E-state index is 12.8. The molecule has 1 heterocycles. The van der Waals surface area contributed by atoms with E-state index >= 15 is 0 Å². The van der Waals surface area contributed by atoms with Gasteiger partial charge in [-0.2, -0.15) is 26.3 Å². The largest absolute Gasteiger partial charge is 0.416 e. The molecule has 0 atom stereocenters. The quantitative estimate of drug-likeness (QED) is 0.692. The number of nitrogens with one attached hydrogen (secondary N) is 1. The predicted molar refractivity (Wildman–Crippen MR) is 88.3 cm³/mol. The van der Waals surface area contributed by atoms with Gasteiger partial charge in [0.25, 0.3) is 0 Å². The van der Waals surface area contributed by atoms with Crippen LogP contribution < -0.4 is 5.32 Å². The Labute approximate surface area is 161 Å². The number of carbonyl (C=O) groups excluding carboxylic acids is 1. The molecule has 12 heteroatoms. The highest BCUT2D eigenvalue weighted by molar-refractivity contribution is 7.91. The van der Waals surface area contributed by atoms with Crippen molar-refractivity contribution in [1.29, 1.82) is 0 Å². The fourth-order valence-corrected chi connectivity index (χ4v) is 3.57. The Morgan fingerprint density at radius 3 is 2.28 bits per heavy atom. The number of rotatable bonds is 6.